The van der Waals surface area contributed by atoms with Gasteiger partial charge in [-0.05, 0) is 24.1 Å². The molecule has 1 heterocycles. The number of hydrogen-bond acceptors (Lipinski definition) is 3. The molecule has 4 heteroatoms. The molecule has 0 aliphatic heterocycles. The van der Waals surface area contributed by atoms with Crippen LogP contribution in [-0.4, -0.2) is 4.98 Å². The van der Waals surface area contributed by atoms with Crippen LogP contribution in [0.4, 0.5) is 0 Å². The minimum atomic E-state index is 0.569. The molecule has 0 saturated carbocycles. The highest BCUT2D eigenvalue weighted by atomic mass is 79.9. The number of nitrogens with two attached hydrogens (primary N) is 1. The van der Waals surface area contributed by atoms with Gasteiger partial charge in [0.15, 0.2) is 0 Å². The second-order valence-electron chi connectivity index (χ2n) is 4.90. The van der Waals surface area contributed by atoms with E-state index in [0.717, 1.165) is 31.9 Å². The van der Waals surface area contributed by atoms with Gasteiger partial charge < -0.3 is 5.73 Å². The number of nitrogens with zero attached hydrogens (tertiary/aromatic N) is 1. The summed E-state index contributed by atoms with van der Waals surface area (Å²) in [5.41, 5.74) is 11.3. The van der Waals surface area contributed by atoms with Crippen LogP contribution in [0.25, 0.3) is 21.8 Å². The molecule has 0 amide bonds. The van der Waals surface area contributed by atoms with Crippen LogP contribution >= 0.6 is 27.3 Å². The van der Waals surface area contributed by atoms with Gasteiger partial charge >= 0.3 is 0 Å². The highest BCUT2D eigenvalue weighted by Gasteiger charge is 2.08. The predicted octanol–water partition coefficient (Wildman–Crippen LogP) is 5.01. The minimum Gasteiger partial charge on any atom is -0.326 e. The van der Waals surface area contributed by atoms with E-state index in [1.165, 1.54) is 5.56 Å². The first-order chi connectivity index (χ1) is 10.2. The fourth-order valence-electron chi connectivity index (χ4n) is 2.08. The molecule has 0 saturated heterocycles. The van der Waals surface area contributed by atoms with Gasteiger partial charge in [-0.15, -0.1) is 11.3 Å². The maximum absolute atomic E-state index is 5.63. The molecule has 2 N–H and O–H groups in total. The van der Waals surface area contributed by atoms with E-state index in [2.05, 4.69) is 70.7 Å². The maximum atomic E-state index is 5.63. The Bertz CT molecular complexity index is 763. The summed E-state index contributed by atoms with van der Waals surface area (Å²) < 4.78 is 1.11. The lowest BCUT2D eigenvalue weighted by molar-refractivity contribution is 1.07. The average molecular weight is 359 g/mol. The Balaban J connectivity index is 1.93. The van der Waals surface area contributed by atoms with E-state index in [4.69, 9.17) is 10.7 Å². The van der Waals surface area contributed by atoms with Crippen molar-refractivity contribution in [2.24, 2.45) is 5.73 Å². The third-order valence-electron chi connectivity index (χ3n) is 3.41. The Morgan fingerprint density at radius 1 is 1.10 bits per heavy atom. The molecule has 0 spiro atoms. The van der Waals surface area contributed by atoms with Crippen LogP contribution in [0.1, 0.15) is 11.1 Å². The number of hydrogen-bond donors (Lipinski definition) is 1. The molecule has 0 aliphatic rings. The lowest BCUT2D eigenvalue weighted by atomic mass is 10.1. The fraction of sp³-hybridized carbons (Fsp3) is 0.118. The first kappa shape index (κ1) is 14.4. The summed E-state index contributed by atoms with van der Waals surface area (Å²) in [4.78, 5) is 4.74. The first-order valence-electron chi connectivity index (χ1n) is 6.69. The maximum Gasteiger partial charge on any atom is 0.124 e. The van der Waals surface area contributed by atoms with Crippen LogP contribution in [0.2, 0.25) is 0 Å². The van der Waals surface area contributed by atoms with Crippen molar-refractivity contribution in [2.45, 2.75) is 13.5 Å². The predicted molar refractivity (Wildman–Crippen MR) is 93.3 cm³/mol. The highest BCUT2D eigenvalue weighted by Crippen LogP contribution is 2.31. The van der Waals surface area contributed by atoms with Crippen LogP contribution < -0.4 is 5.73 Å². The van der Waals surface area contributed by atoms with Crippen molar-refractivity contribution < 1.29 is 0 Å². The summed E-state index contributed by atoms with van der Waals surface area (Å²) in [5, 5.41) is 3.13. The van der Waals surface area contributed by atoms with Gasteiger partial charge in [0.05, 0.1) is 5.69 Å². The largest absolute Gasteiger partial charge is 0.326 e. The monoisotopic (exact) mass is 358 g/mol. The molecule has 3 aromatic rings. The Kier molecular flexibility index (Phi) is 4.19. The zero-order valence-electron chi connectivity index (χ0n) is 11.6. The van der Waals surface area contributed by atoms with Crippen molar-refractivity contribution in [3.05, 3.63) is 63.4 Å². The van der Waals surface area contributed by atoms with Gasteiger partial charge in [-0.25, -0.2) is 4.98 Å². The summed E-state index contributed by atoms with van der Waals surface area (Å²) in [7, 11) is 0. The Morgan fingerprint density at radius 3 is 2.48 bits per heavy atom. The summed E-state index contributed by atoms with van der Waals surface area (Å²) in [6.07, 6.45) is 0. The second-order valence-corrected chi connectivity index (χ2v) is 6.62. The van der Waals surface area contributed by atoms with E-state index in [1.807, 2.05) is 0 Å². The lowest BCUT2D eigenvalue weighted by Gasteiger charge is -2.01. The minimum absolute atomic E-state index is 0.569. The standard InChI is InChI=1S/C17H15BrN2S/c1-11-2-5-14(8-15(11)18)17-20-16(10-21-17)13-6-3-12(9-19)4-7-13/h2-8,10H,9,19H2,1H3. The molecule has 0 aliphatic carbocycles. The molecular weight excluding hydrogens is 344 g/mol. The van der Waals surface area contributed by atoms with Crippen LogP contribution in [-0.2, 0) is 6.54 Å². The Morgan fingerprint density at radius 2 is 1.81 bits per heavy atom. The molecule has 106 valence electrons. The van der Waals surface area contributed by atoms with Crippen molar-refractivity contribution in [3.8, 4) is 21.8 Å². The van der Waals surface area contributed by atoms with Gasteiger partial charge in [-0.1, -0.05) is 52.3 Å². The molecule has 0 fully saturated rings. The SMILES string of the molecule is Cc1ccc(-c2nc(-c3ccc(CN)cc3)cs2)cc1Br. The average Bonchev–Trinajstić information content (AvgIpc) is 3.00. The zero-order chi connectivity index (χ0) is 14.8. The van der Waals surface area contributed by atoms with Gasteiger partial charge in [-0.3, -0.25) is 0 Å². The molecule has 2 nitrogen and oxygen atoms in total. The van der Waals surface area contributed by atoms with Crippen LogP contribution in [0.15, 0.2) is 52.3 Å². The first-order valence-corrected chi connectivity index (χ1v) is 8.36. The number of aromatic nitrogens is 1. The number of aryl methyl sites for hydroxylation is 1. The van der Waals surface area contributed by atoms with Crippen LogP contribution in [0.3, 0.4) is 0 Å². The topological polar surface area (TPSA) is 38.9 Å². The van der Waals surface area contributed by atoms with Gasteiger partial charge in [0.1, 0.15) is 5.01 Å². The summed E-state index contributed by atoms with van der Waals surface area (Å²) in [6.45, 7) is 2.65. The van der Waals surface area contributed by atoms with Crippen LogP contribution in [0.5, 0.6) is 0 Å². The summed E-state index contributed by atoms with van der Waals surface area (Å²) >= 11 is 5.24. The number of rotatable bonds is 3. The van der Waals surface area contributed by atoms with E-state index in [9.17, 15) is 0 Å². The number of thiazole rings is 1. The summed E-state index contributed by atoms with van der Waals surface area (Å²) in [6, 6.07) is 14.6. The van der Waals surface area contributed by atoms with Gasteiger partial charge in [0.25, 0.3) is 0 Å². The molecule has 21 heavy (non-hydrogen) atoms. The Hall–Kier alpha value is -1.49. The zero-order valence-corrected chi connectivity index (χ0v) is 14.0. The smallest absolute Gasteiger partial charge is 0.124 e. The normalized spacial score (nSPS) is 10.8. The third kappa shape index (κ3) is 3.07. The molecule has 0 unspecified atom stereocenters. The summed E-state index contributed by atoms with van der Waals surface area (Å²) in [5.74, 6) is 0. The molecule has 0 atom stereocenters. The van der Waals surface area contributed by atoms with E-state index in [-0.39, 0.29) is 0 Å². The third-order valence-corrected chi connectivity index (χ3v) is 5.15. The molecule has 2 aromatic carbocycles. The molecule has 0 bridgehead atoms. The van der Waals surface area contributed by atoms with Crippen molar-refractivity contribution >= 4 is 27.3 Å². The van der Waals surface area contributed by atoms with Crippen LogP contribution in [0, 0.1) is 6.92 Å². The van der Waals surface area contributed by atoms with Crippen molar-refractivity contribution in [1.82, 2.24) is 4.98 Å². The molecule has 3 rings (SSSR count). The van der Waals surface area contributed by atoms with E-state index in [0.29, 0.717) is 6.54 Å². The lowest BCUT2D eigenvalue weighted by Crippen LogP contribution is -1.95. The molecular formula is C17H15BrN2S. The fourth-order valence-corrected chi connectivity index (χ4v) is 3.28. The highest BCUT2D eigenvalue weighted by molar-refractivity contribution is 9.10. The van der Waals surface area contributed by atoms with E-state index in [1.54, 1.807) is 11.3 Å². The van der Waals surface area contributed by atoms with Gasteiger partial charge in [-0.2, -0.15) is 0 Å². The number of benzene rings is 2. The van der Waals surface area contributed by atoms with Crippen molar-refractivity contribution in [2.75, 3.05) is 0 Å². The van der Waals surface area contributed by atoms with Crippen molar-refractivity contribution in [1.29, 1.82) is 0 Å². The van der Waals surface area contributed by atoms with E-state index >= 15 is 0 Å². The second kappa shape index (κ2) is 6.10. The molecule has 1 aromatic heterocycles. The number of halogens is 1. The van der Waals surface area contributed by atoms with Gasteiger partial charge in [0.2, 0.25) is 0 Å². The Labute approximate surface area is 136 Å². The van der Waals surface area contributed by atoms with Crippen molar-refractivity contribution in [3.63, 3.8) is 0 Å². The van der Waals surface area contributed by atoms with Gasteiger partial charge in [0, 0.05) is 27.5 Å². The van der Waals surface area contributed by atoms with E-state index < -0.39 is 0 Å². The molecule has 0 radical (unpaired) electrons. The quantitative estimate of drug-likeness (QED) is 0.714.